The van der Waals surface area contributed by atoms with Gasteiger partial charge in [-0.1, -0.05) is 6.08 Å². The van der Waals surface area contributed by atoms with E-state index in [0.717, 1.165) is 42.9 Å². The van der Waals surface area contributed by atoms with Gasteiger partial charge in [0, 0.05) is 63.3 Å². The fraction of sp³-hybridized carbons (Fsp3) is 0.458. The van der Waals surface area contributed by atoms with E-state index in [1.165, 1.54) is 12.8 Å². The number of anilines is 2. The van der Waals surface area contributed by atoms with Crippen LogP contribution in [0.2, 0.25) is 0 Å². The molecule has 0 aromatic carbocycles. The van der Waals surface area contributed by atoms with Gasteiger partial charge in [-0.2, -0.15) is 0 Å². The van der Waals surface area contributed by atoms with Crippen molar-refractivity contribution in [2.24, 2.45) is 11.7 Å². The predicted molar refractivity (Wildman–Crippen MR) is 128 cm³/mol. The van der Waals surface area contributed by atoms with Crippen molar-refractivity contribution >= 4 is 17.4 Å². The van der Waals surface area contributed by atoms with Crippen LogP contribution in [0, 0.1) is 5.92 Å². The van der Waals surface area contributed by atoms with Crippen LogP contribution >= 0.6 is 0 Å². The average Bonchev–Trinajstić information content (AvgIpc) is 3.66. The van der Waals surface area contributed by atoms with Gasteiger partial charge in [-0.25, -0.2) is 4.98 Å². The molecule has 3 heterocycles. The highest BCUT2D eigenvalue weighted by molar-refractivity contribution is 5.87. The zero-order chi connectivity index (χ0) is 22.5. The maximum Gasteiger partial charge on any atom is 0.271 e. The van der Waals surface area contributed by atoms with Crippen molar-refractivity contribution in [2.75, 3.05) is 43.4 Å². The molecule has 0 bridgehead atoms. The molecule has 1 saturated carbocycles. The van der Waals surface area contributed by atoms with Crippen LogP contribution in [0.15, 0.2) is 47.5 Å². The second-order valence-corrected chi connectivity index (χ2v) is 8.60. The van der Waals surface area contributed by atoms with Gasteiger partial charge in [0.25, 0.3) is 5.56 Å². The minimum absolute atomic E-state index is 0.00874. The Morgan fingerprint density at radius 2 is 2.19 bits per heavy atom. The molecule has 2 aromatic rings. The van der Waals surface area contributed by atoms with Crippen LogP contribution in [0.3, 0.4) is 0 Å². The van der Waals surface area contributed by atoms with E-state index >= 15 is 0 Å². The van der Waals surface area contributed by atoms with Gasteiger partial charge in [0.05, 0.1) is 0 Å². The number of carbonyl (C=O) groups excluding carboxylic acids is 1. The van der Waals surface area contributed by atoms with E-state index in [2.05, 4.69) is 20.2 Å². The van der Waals surface area contributed by atoms with Crippen molar-refractivity contribution in [1.82, 2.24) is 14.9 Å². The van der Waals surface area contributed by atoms with Crippen molar-refractivity contribution in [3.8, 4) is 11.1 Å². The summed E-state index contributed by atoms with van der Waals surface area (Å²) in [6.07, 6.45) is 11.0. The third-order valence-corrected chi connectivity index (χ3v) is 6.24. The fourth-order valence-electron chi connectivity index (χ4n) is 4.30. The lowest BCUT2D eigenvalue weighted by atomic mass is 10.0. The van der Waals surface area contributed by atoms with Gasteiger partial charge in [0.2, 0.25) is 5.91 Å². The average molecular weight is 437 g/mol. The molecule has 0 radical (unpaired) electrons. The van der Waals surface area contributed by atoms with Gasteiger partial charge in [0.15, 0.2) is 0 Å². The van der Waals surface area contributed by atoms with E-state index in [4.69, 9.17) is 5.73 Å². The summed E-state index contributed by atoms with van der Waals surface area (Å²) in [5.74, 6) is 1.38. The normalized spacial score (nSPS) is 18.7. The highest BCUT2D eigenvalue weighted by Crippen LogP contribution is 2.34. The number of piperidine rings is 1. The first-order valence-electron chi connectivity index (χ1n) is 11.4. The second-order valence-electron chi connectivity index (χ2n) is 8.60. The zero-order valence-corrected chi connectivity index (χ0v) is 18.6. The molecule has 1 atom stereocenters. The number of amides is 1. The highest BCUT2D eigenvalue weighted by atomic mass is 16.2. The standard InChI is InChI=1S/C24H32N6O2/c1-26-22-13-18(8-10-27-22)19-12-21(24(32)28-14-19)30(15-17-6-7-17)20-4-3-11-29(16-20)23(31)5-2-9-25/h2,5,8,10,12-14,17,20H,3-4,6-7,9,11,15-16,25H2,1H3,(H,26,27)(H,28,32)/t20-/m0/s1. The zero-order valence-electron chi connectivity index (χ0n) is 18.6. The lowest BCUT2D eigenvalue weighted by molar-refractivity contribution is -0.127. The lowest BCUT2D eigenvalue weighted by Gasteiger charge is -2.40. The fourth-order valence-corrected chi connectivity index (χ4v) is 4.30. The molecule has 0 spiro atoms. The van der Waals surface area contributed by atoms with Crippen LogP contribution < -0.4 is 21.5 Å². The summed E-state index contributed by atoms with van der Waals surface area (Å²) in [5.41, 5.74) is 8.01. The Bertz CT molecular complexity index is 1030. The monoisotopic (exact) mass is 436 g/mol. The number of nitrogens with two attached hydrogens (primary N) is 1. The molecule has 32 heavy (non-hydrogen) atoms. The van der Waals surface area contributed by atoms with E-state index in [-0.39, 0.29) is 17.5 Å². The van der Waals surface area contributed by atoms with Crippen molar-refractivity contribution < 1.29 is 4.79 Å². The molecule has 4 rings (SSSR count). The van der Waals surface area contributed by atoms with Gasteiger partial charge < -0.3 is 25.8 Å². The summed E-state index contributed by atoms with van der Waals surface area (Å²) in [5, 5.41) is 3.06. The first-order chi connectivity index (χ1) is 15.6. The number of hydrogen-bond donors (Lipinski definition) is 3. The van der Waals surface area contributed by atoms with Crippen molar-refractivity contribution in [3.63, 3.8) is 0 Å². The van der Waals surface area contributed by atoms with Crippen LogP contribution in [0.5, 0.6) is 0 Å². The molecule has 8 nitrogen and oxygen atoms in total. The summed E-state index contributed by atoms with van der Waals surface area (Å²) >= 11 is 0. The predicted octanol–water partition coefficient (Wildman–Crippen LogP) is 2.20. The Kier molecular flexibility index (Phi) is 6.90. The number of likely N-dealkylation sites (tertiary alicyclic amines) is 1. The van der Waals surface area contributed by atoms with Gasteiger partial charge in [-0.3, -0.25) is 9.59 Å². The number of carbonyl (C=O) groups is 1. The number of H-pyrrole nitrogens is 1. The molecule has 8 heteroatoms. The van der Waals surface area contributed by atoms with Crippen molar-refractivity contribution in [3.05, 3.63) is 53.1 Å². The first-order valence-corrected chi connectivity index (χ1v) is 11.4. The van der Waals surface area contributed by atoms with Crippen LogP contribution in [-0.4, -0.2) is 60.0 Å². The number of nitrogens with zero attached hydrogens (tertiary/aromatic N) is 3. The highest BCUT2D eigenvalue weighted by Gasteiger charge is 2.33. The number of pyridine rings is 2. The largest absolute Gasteiger partial charge is 0.373 e. The minimum Gasteiger partial charge on any atom is -0.373 e. The van der Waals surface area contributed by atoms with E-state index < -0.39 is 0 Å². The van der Waals surface area contributed by atoms with Crippen molar-refractivity contribution in [1.29, 1.82) is 0 Å². The Hall–Kier alpha value is -3.13. The molecule has 0 unspecified atom stereocenters. The Labute approximate surface area is 188 Å². The Morgan fingerprint density at radius 3 is 2.94 bits per heavy atom. The maximum atomic E-state index is 12.9. The molecule has 2 fully saturated rings. The van der Waals surface area contributed by atoms with Gasteiger partial charge in [0.1, 0.15) is 11.5 Å². The molecule has 1 saturated heterocycles. The number of nitrogens with one attached hydrogen (secondary N) is 2. The summed E-state index contributed by atoms with van der Waals surface area (Å²) in [7, 11) is 1.83. The van der Waals surface area contributed by atoms with Gasteiger partial charge in [-0.05, 0) is 55.4 Å². The number of aromatic nitrogens is 2. The van der Waals surface area contributed by atoms with Crippen LogP contribution in [0.4, 0.5) is 11.5 Å². The van der Waals surface area contributed by atoms with E-state index in [9.17, 15) is 9.59 Å². The van der Waals surface area contributed by atoms with E-state index in [0.29, 0.717) is 24.7 Å². The van der Waals surface area contributed by atoms with Crippen molar-refractivity contribution in [2.45, 2.75) is 31.7 Å². The molecule has 1 amide bonds. The van der Waals surface area contributed by atoms with E-state index in [1.807, 2.05) is 30.1 Å². The summed E-state index contributed by atoms with van der Waals surface area (Å²) in [4.78, 5) is 36.8. The summed E-state index contributed by atoms with van der Waals surface area (Å²) in [6, 6.07) is 5.99. The molecule has 170 valence electrons. The third-order valence-electron chi connectivity index (χ3n) is 6.24. The first kappa shape index (κ1) is 22.1. The van der Waals surface area contributed by atoms with Gasteiger partial charge in [-0.15, -0.1) is 0 Å². The number of aromatic amines is 1. The second kappa shape index (κ2) is 9.99. The maximum absolute atomic E-state index is 12.9. The molecule has 2 aliphatic rings. The Morgan fingerprint density at radius 1 is 1.34 bits per heavy atom. The smallest absolute Gasteiger partial charge is 0.271 e. The quantitative estimate of drug-likeness (QED) is 0.548. The number of hydrogen-bond acceptors (Lipinski definition) is 6. The Balaban J connectivity index is 1.63. The topological polar surface area (TPSA) is 107 Å². The molecule has 4 N–H and O–H groups in total. The SMILES string of the molecule is CNc1cc(-c2c[nH]c(=O)c(N(CC3CC3)[C@H]3CCCN(C(=O)C=CCN)C3)c2)ccn1. The number of rotatable bonds is 8. The lowest BCUT2D eigenvalue weighted by Crippen LogP contribution is -2.51. The summed E-state index contributed by atoms with van der Waals surface area (Å²) < 4.78 is 0. The third kappa shape index (κ3) is 5.19. The van der Waals surface area contributed by atoms with Crippen LogP contribution in [0.25, 0.3) is 11.1 Å². The molecular formula is C24H32N6O2. The summed E-state index contributed by atoms with van der Waals surface area (Å²) in [6.45, 7) is 2.55. The van der Waals surface area contributed by atoms with Crippen LogP contribution in [0.1, 0.15) is 25.7 Å². The molecule has 2 aromatic heterocycles. The molecule has 1 aliphatic carbocycles. The molecular weight excluding hydrogens is 404 g/mol. The van der Waals surface area contributed by atoms with Gasteiger partial charge >= 0.3 is 0 Å². The molecule has 1 aliphatic heterocycles. The van der Waals surface area contributed by atoms with E-state index in [1.54, 1.807) is 24.5 Å². The minimum atomic E-state index is -0.0937. The van der Waals surface area contributed by atoms with Crippen LogP contribution in [-0.2, 0) is 4.79 Å².